The number of ether oxygens (including phenoxy) is 1. The van der Waals surface area contributed by atoms with E-state index in [-0.39, 0.29) is 11.9 Å². The standard InChI is InChI=1S/C17H18N4O2/c1-12(17(22)23-2)8-14-15-16(19-10-18-14)21(11-20-15)9-13-6-4-3-5-7-13/h3-7,10-12H,8-9H2,1-2H3. The first kappa shape index (κ1) is 15.1. The van der Waals surface area contributed by atoms with Gasteiger partial charge in [-0.2, -0.15) is 0 Å². The van der Waals surface area contributed by atoms with Crippen LogP contribution >= 0.6 is 0 Å². The summed E-state index contributed by atoms with van der Waals surface area (Å²) in [7, 11) is 1.39. The number of rotatable bonds is 5. The van der Waals surface area contributed by atoms with Gasteiger partial charge < -0.3 is 9.30 Å². The number of nitrogens with zero attached hydrogens (tertiary/aromatic N) is 4. The fraction of sp³-hybridized carbons (Fsp3) is 0.294. The lowest BCUT2D eigenvalue weighted by atomic mass is 10.1. The Morgan fingerprint density at radius 3 is 2.74 bits per heavy atom. The molecule has 1 aromatic carbocycles. The normalized spacial score (nSPS) is 12.3. The van der Waals surface area contributed by atoms with Crippen LogP contribution in [0.2, 0.25) is 0 Å². The number of hydrogen-bond donors (Lipinski definition) is 0. The molecule has 0 saturated heterocycles. The zero-order valence-corrected chi connectivity index (χ0v) is 13.1. The number of benzene rings is 1. The molecule has 0 amide bonds. The van der Waals surface area contributed by atoms with Gasteiger partial charge in [0.2, 0.25) is 0 Å². The van der Waals surface area contributed by atoms with Crippen LogP contribution in [-0.2, 0) is 22.5 Å². The fourth-order valence-electron chi connectivity index (χ4n) is 2.55. The molecule has 0 N–H and O–H groups in total. The van der Waals surface area contributed by atoms with Crippen LogP contribution < -0.4 is 0 Å². The quantitative estimate of drug-likeness (QED) is 0.676. The number of methoxy groups -OCH3 is 1. The SMILES string of the molecule is COC(=O)C(C)Cc1ncnc2c1ncn2Cc1ccccc1. The van der Waals surface area contributed by atoms with E-state index in [1.54, 1.807) is 6.33 Å². The number of carbonyl (C=O) groups is 1. The average Bonchev–Trinajstić information content (AvgIpc) is 2.99. The van der Waals surface area contributed by atoms with Crippen molar-refractivity contribution in [3.05, 3.63) is 54.2 Å². The number of aromatic nitrogens is 4. The minimum Gasteiger partial charge on any atom is -0.469 e. The molecule has 2 heterocycles. The van der Waals surface area contributed by atoms with Crippen LogP contribution in [0.15, 0.2) is 43.0 Å². The van der Waals surface area contributed by atoms with Crippen molar-refractivity contribution in [1.82, 2.24) is 19.5 Å². The van der Waals surface area contributed by atoms with Crippen molar-refractivity contribution in [2.24, 2.45) is 5.92 Å². The van der Waals surface area contributed by atoms with Gasteiger partial charge in [-0.15, -0.1) is 0 Å². The summed E-state index contributed by atoms with van der Waals surface area (Å²) in [6.07, 6.45) is 3.76. The van der Waals surface area contributed by atoms with E-state index in [1.165, 1.54) is 19.0 Å². The highest BCUT2D eigenvalue weighted by atomic mass is 16.5. The van der Waals surface area contributed by atoms with E-state index in [1.807, 2.05) is 29.7 Å². The first-order chi connectivity index (χ1) is 11.2. The first-order valence-electron chi connectivity index (χ1n) is 7.45. The summed E-state index contributed by atoms with van der Waals surface area (Å²) < 4.78 is 6.76. The van der Waals surface area contributed by atoms with Gasteiger partial charge in [-0.25, -0.2) is 15.0 Å². The molecule has 0 bridgehead atoms. The van der Waals surface area contributed by atoms with Gasteiger partial charge in [-0.1, -0.05) is 37.3 Å². The molecular formula is C17H18N4O2. The van der Waals surface area contributed by atoms with Crippen molar-refractivity contribution >= 4 is 17.1 Å². The lowest BCUT2D eigenvalue weighted by molar-refractivity contribution is -0.144. The molecule has 0 radical (unpaired) electrons. The van der Waals surface area contributed by atoms with Crippen molar-refractivity contribution in [2.45, 2.75) is 19.9 Å². The molecule has 0 fully saturated rings. The summed E-state index contributed by atoms with van der Waals surface area (Å²) in [5, 5.41) is 0. The number of esters is 1. The monoisotopic (exact) mass is 310 g/mol. The Kier molecular flexibility index (Phi) is 4.32. The van der Waals surface area contributed by atoms with Crippen LogP contribution in [-0.4, -0.2) is 32.6 Å². The van der Waals surface area contributed by atoms with E-state index >= 15 is 0 Å². The van der Waals surface area contributed by atoms with Gasteiger partial charge in [-0.05, 0) is 5.56 Å². The van der Waals surface area contributed by atoms with Crippen LogP contribution in [0, 0.1) is 5.92 Å². The van der Waals surface area contributed by atoms with Crippen LogP contribution in [0.1, 0.15) is 18.2 Å². The third-order valence-electron chi connectivity index (χ3n) is 3.78. The smallest absolute Gasteiger partial charge is 0.308 e. The molecule has 3 aromatic rings. The minimum atomic E-state index is -0.266. The Hall–Kier alpha value is -2.76. The second-order valence-corrected chi connectivity index (χ2v) is 5.48. The summed E-state index contributed by atoms with van der Waals surface area (Å²) >= 11 is 0. The van der Waals surface area contributed by atoms with Crippen LogP contribution in [0.3, 0.4) is 0 Å². The van der Waals surface area contributed by atoms with E-state index in [9.17, 15) is 4.79 Å². The molecular weight excluding hydrogens is 292 g/mol. The Morgan fingerprint density at radius 1 is 1.22 bits per heavy atom. The third-order valence-corrected chi connectivity index (χ3v) is 3.78. The molecule has 1 unspecified atom stereocenters. The predicted octanol–water partition coefficient (Wildman–Crippen LogP) is 2.23. The minimum absolute atomic E-state index is 0.250. The number of hydrogen-bond acceptors (Lipinski definition) is 5. The molecule has 118 valence electrons. The van der Waals surface area contributed by atoms with Gasteiger partial charge >= 0.3 is 5.97 Å². The zero-order chi connectivity index (χ0) is 16.2. The molecule has 1 atom stereocenters. The molecule has 6 nitrogen and oxygen atoms in total. The summed E-state index contributed by atoms with van der Waals surface area (Å²) in [5.74, 6) is -0.516. The van der Waals surface area contributed by atoms with Gasteiger partial charge in [0.1, 0.15) is 11.8 Å². The van der Waals surface area contributed by atoms with E-state index < -0.39 is 0 Å². The second-order valence-electron chi connectivity index (χ2n) is 5.48. The maximum atomic E-state index is 11.6. The van der Waals surface area contributed by atoms with Crippen molar-refractivity contribution in [3.63, 3.8) is 0 Å². The Balaban J connectivity index is 1.90. The molecule has 23 heavy (non-hydrogen) atoms. The molecule has 0 spiro atoms. The largest absolute Gasteiger partial charge is 0.469 e. The molecule has 3 rings (SSSR count). The van der Waals surface area contributed by atoms with Crippen LogP contribution in [0.5, 0.6) is 0 Å². The highest BCUT2D eigenvalue weighted by Gasteiger charge is 2.18. The summed E-state index contributed by atoms with van der Waals surface area (Å²) in [6, 6.07) is 10.1. The van der Waals surface area contributed by atoms with E-state index in [0.717, 1.165) is 16.9 Å². The van der Waals surface area contributed by atoms with Gasteiger partial charge in [0, 0.05) is 6.42 Å². The highest BCUT2D eigenvalue weighted by Crippen LogP contribution is 2.18. The summed E-state index contributed by atoms with van der Waals surface area (Å²) in [5.41, 5.74) is 3.45. The summed E-state index contributed by atoms with van der Waals surface area (Å²) in [4.78, 5) is 24.7. The predicted molar refractivity (Wildman–Crippen MR) is 85.8 cm³/mol. The molecule has 0 aliphatic carbocycles. The maximum absolute atomic E-state index is 11.6. The lowest BCUT2D eigenvalue weighted by Crippen LogP contribution is -2.16. The van der Waals surface area contributed by atoms with Crippen molar-refractivity contribution in [3.8, 4) is 0 Å². The zero-order valence-electron chi connectivity index (χ0n) is 13.1. The Bertz CT molecular complexity index is 814. The van der Waals surface area contributed by atoms with Gasteiger partial charge in [-0.3, -0.25) is 4.79 Å². The maximum Gasteiger partial charge on any atom is 0.308 e. The van der Waals surface area contributed by atoms with Gasteiger partial charge in [0.15, 0.2) is 5.65 Å². The Morgan fingerprint density at radius 2 is 2.00 bits per heavy atom. The van der Waals surface area contributed by atoms with Crippen molar-refractivity contribution in [2.75, 3.05) is 7.11 Å². The van der Waals surface area contributed by atoms with Crippen LogP contribution in [0.25, 0.3) is 11.2 Å². The van der Waals surface area contributed by atoms with Crippen molar-refractivity contribution < 1.29 is 9.53 Å². The van der Waals surface area contributed by atoms with Gasteiger partial charge in [0.05, 0.1) is 31.6 Å². The summed E-state index contributed by atoms with van der Waals surface area (Å²) in [6.45, 7) is 2.51. The number of fused-ring (bicyclic) bond motifs is 1. The number of carbonyl (C=O) groups excluding carboxylic acids is 1. The second kappa shape index (κ2) is 6.56. The average molecular weight is 310 g/mol. The van der Waals surface area contributed by atoms with E-state index in [0.29, 0.717) is 13.0 Å². The molecule has 2 aromatic heterocycles. The van der Waals surface area contributed by atoms with Crippen molar-refractivity contribution in [1.29, 1.82) is 0 Å². The fourth-order valence-corrected chi connectivity index (χ4v) is 2.55. The lowest BCUT2D eigenvalue weighted by Gasteiger charge is -2.09. The Labute approximate surface area is 134 Å². The third kappa shape index (κ3) is 3.21. The topological polar surface area (TPSA) is 69.9 Å². The van der Waals surface area contributed by atoms with Crippen LogP contribution in [0.4, 0.5) is 0 Å². The first-order valence-corrected chi connectivity index (χ1v) is 7.45. The van der Waals surface area contributed by atoms with E-state index in [2.05, 4.69) is 27.1 Å². The number of imidazole rings is 1. The van der Waals surface area contributed by atoms with E-state index in [4.69, 9.17) is 4.74 Å². The molecule has 6 heteroatoms. The molecule has 0 aliphatic heterocycles. The molecule has 0 saturated carbocycles. The highest BCUT2D eigenvalue weighted by molar-refractivity contribution is 5.76. The molecule has 0 aliphatic rings. The van der Waals surface area contributed by atoms with Gasteiger partial charge in [0.25, 0.3) is 0 Å².